The van der Waals surface area contributed by atoms with E-state index in [9.17, 15) is 4.79 Å². The standard InChI is InChI=1S/C24H23BN7O2/c1-34-25-32-14-12-31(13-15-32)21-8-10-26-16-20(21)30-24(33)19-7-11-28-23(29-19)18-6-2-4-17-5-3-9-27-22(17)18/h2-11,16H,12-15H2,1H3,(H,30,33). The number of nitrogens with zero attached hydrogens (tertiary/aromatic N) is 6. The van der Waals surface area contributed by atoms with Gasteiger partial charge in [-0.2, -0.15) is 0 Å². The van der Waals surface area contributed by atoms with Gasteiger partial charge < -0.3 is 19.7 Å². The first-order valence-corrected chi connectivity index (χ1v) is 11.0. The maximum Gasteiger partial charge on any atom is 0.398 e. The van der Waals surface area contributed by atoms with Crippen LogP contribution in [0.5, 0.6) is 0 Å². The van der Waals surface area contributed by atoms with Crippen molar-refractivity contribution in [2.24, 2.45) is 0 Å². The molecule has 1 fully saturated rings. The van der Waals surface area contributed by atoms with Crippen molar-refractivity contribution in [2.75, 3.05) is 43.5 Å². The number of para-hydroxylation sites is 1. The van der Waals surface area contributed by atoms with Crippen molar-refractivity contribution in [3.63, 3.8) is 0 Å². The van der Waals surface area contributed by atoms with Gasteiger partial charge in [-0.3, -0.25) is 14.8 Å². The highest BCUT2D eigenvalue weighted by Crippen LogP contribution is 2.27. The van der Waals surface area contributed by atoms with E-state index in [1.165, 1.54) is 0 Å². The summed E-state index contributed by atoms with van der Waals surface area (Å²) < 4.78 is 5.11. The molecule has 1 aliphatic rings. The highest BCUT2D eigenvalue weighted by atomic mass is 16.4. The lowest BCUT2D eigenvalue weighted by Gasteiger charge is -2.36. The molecule has 34 heavy (non-hydrogen) atoms. The second kappa shape index (κ2) is 9.94. The lowest BCUT2D eigenvalue weighted by molar-refractivity contribution is 0.102. The Bertz CT molecular complexity index is 1310. The Morgan fingerprint density at radius 1 is 1.00 bits per heavy atom. The molecule has 169 valence electrons. The second-order valence-electron chi connectivity index (χ2n) is 7.86. The predicted octanol–water partition coefficient (Wildman–Crippen LogP) is 2.64. The number of amides is 1. The molecule has 1 N–H and O–H groups in total. The van der Waals surface area contributed by atoms with Gasteiger partial charge in [0.2, 0.25) is 0 Å². The Kier molecular flexibility index (Phi) is 6.41. The summed E-state index contributed by atoms with van der Waals surface area (Å²) in [5.74, 6) is 0.131. The average molecular weight is 452 g/mol. The maximum absolute atomic E-state index is 13.1. The highest BCUT2D eigenvalue weighted by molar-refractivity contribution is 6.23. The first-order chi connectivity index (χ1) is 16.7. The minimum atomic E-state index is -0.322. The Morgan fingerprint density at radius 2 is 1.85 bits per heavy atom. The summed E-state index contributed by atoms with van der Waals surface area (Å²) in [5.41, 5.74) is 3.41. The number of aromatic nitrogens is 4. The molecule has 3 aromatic heterocycles. The van der Waals surface area contributed by atoms with Crippen LogP contribution in [0.3, 0.4) is 0 Å². The molecule has 5 rings (SSSR count). The number of rotatable bonds is 6. The number of fused-ring (bicyclic) bond motifs is 1. The lowest BCUT2D eigenvalue weighted by atomic mass is 10.1. The molecule has 9 nitrogen and oxygen atoms in total. The van der Waals surface area contributed by atoms with Crippen LogP contribution in [0.4, 0.5) is 11.4 Å². The molecule has 1 aliphatic heterocycles. The van der Waals surface area contributed by atoms with Gasteiger partial charge in [0.05, 0.1) is 23.1 Å². The molecule has 10 heteroatoms. The van der Waals surface area contributed by atoms with E-state index in [0.29, 0.717) is 11.5 Å². The number of hydrogen-bond acceptors (Lipinski definition) is 8. The molecule has 0 bridgehead atoms. The molecule has 0 spiro atoms. The number of hydrogen-bond donors (Lipinski definition) is 1. The molecule has 4 heterocycles. The molecular formula is C24H23BN7O2. The van der Waals surface area contributed by atoms with E-state index in [4.69, 9.17) is 4.65 Å². The molecule has 0 saturated carbocycles. The third-order valence-corrected chi connectivity index (χ3v) is 5.72. The van der Waals surface area contributed by atoms with E-state index in [1.54, 1.807) is 45.6 Å². The predicted molar refractivity (Wildman–Crippen MR) is 132 cm³/mol. The molecule has 4 aromatic rings. The van der Waals surface area contributed by atoms with Gasteiger partial charge in [-0.05, 0) is 24.3 Å². The number of piperazine rings is 1. The van der Waals surface area contributed by atoms with Crippen LogP contribution in [0, 0.1) is 0 Å². The van der Waals surface area contributed by atoms with Crippen LogP contribution in [0.1, 0.15) is 10.5 Å². The Morgan fingerprint density at radius 3 is 2.71 bits per heavy atom. The normalized spacial score (nSPS) is 14.2. The van der Waals surface area contributed by atoms with Crippen molar-refractivity contribution >= 4 is 35.8 Å². The van der Waals surface area contributed by atoms with Crippen LogP contribution >= 0.6 is 0 Å². The van der Waals surface area contributed by atoms with Crippen LogP contribution < -0.4 is 10.2 Å². The van der Waals surface area contributed by atoms with E-state index < -0.39 is 0 Å². The number of anilines is 2. The minimum Gasteiger partial charge on any atom is -0.427 e. The Balaban J connectivity index is 1.37. The SMILES string of the molecule is CO[B]N1CCN(c2ccncc2NC(=O)c2ccnc(-c3cccc4cccnc34)n2)CC1. The molecule has 0 unspecified atom stereocenters. The van der Waals surface area contributed by atoms with Crippen LogP contribution in [-0.4, -0.2) is 71.6 Å². The number of pyridine rings is 2. The molecule has 1 amide bonds. The number of nitrogens with one attached hydrogen (secondary N) is 1. The average Bonchev–Trinajstić information content (AvgIpc) is 2.89. The largest absolute Gasteiger partial charge is 0.427 e. The fraction of sp³-hybridized carbons (Fsp3) is 0.208. The topological polar surface area (TPSA) is 96.4 Å². The van der Waals surface area contributed by atoms with Gasteiger partial charge in [-0.15, -0.1) is 0 Å². The Labute approximate surface area is 198 Å². The van der Waals surface area contributed by atoms with Crippen LogP contribution in [0.2, 0.25) is 0 Å². The van der Waals surface area contributed by atoms with Gasteiger partial charge in [0.1, 0.15) is 5.69 Å². The fourth-order valence-electron chi connectivity index (χ4n) is 4.06. The van der Waals surface area contributed by atoms with Gasteiger partial charge in [-0.1, -0.05) is 18.2 Å². The third kappa shape index (κ3) is 4.59. The van der Waals surface area contributed by atoms with Gasteiger partial charge in [0, 0.05) is 62.8 Å². The summed E-state index contributed by atoms with van der Waals surface area (Å²) in [6.45, 7) is 3.27. The van der Waals surface area contributed by atoms with E-state index in [-0.39, 0.29) is 11.6 Å². The van der Waals surface area contributed by atoms with Crippen molar-refractivity contribution in [3.05, 3.63) is 72.9 Å². The van der Waals surface area contributed by atoms with Crippen molar-refractivity contribution < 1.29 is 9.45 Å². The zero-order chi connectivity index (χ0) is 23.3. The highest BCUT2D eigenvalue weighted by Gasteiger charge is 2.21. The third-order valence-electron chi connectivity index (χ3n) is 5.72. The first-order valence-electron chi connectivity index (χ1n) is 11.0. The minimum absolute atomic E-state index is 0.271. The zero-order valence-electron chi connectivity index (χ0n) is 18.8. The van der Waals surface area contributed by atoms with Crippen molar-refractivity contribution in [1.29, 1.82) is 0 Å². The summed E-state index contributed by atoms with van der Waals surface area (Å²) in [5, 5.41) is 3.97. The molecule has 1 saturated heterocycles. The van der Waals surface area contributed by atoms with E-state index in [2.05, 4.69) is 35.0 Å². The second-order valence-corrected chi connectivity index (χ2v) is 7.86. The van der Waals surface area contributed by atoms with E-state index >= 15 is 0 Å². The summed E-state index contributed by atoms with van der Waals surface area (Å²) >= 11 is 0. The van der Waals surface area contributed by atoms with Gasteiger partial charge in [0.15, 0.2) is 5.82 Å². The van der Waals surface area contributed by atoms with Crippen molar-refractivity contribution in [2.45, 2.75) is 0 Å². The quantitative estimate of drug-likeness (QED) is 0.446. The molecular weight excluding hydrogens is 429 g/mol. The molecule has 1 radical (unpaired) electrons. The van der Waals surface area contributed by atoms with Gasteiger partial charge >= 0.3 is 7.62 Å². The molecule has 1 aromatic carbocycles. The van der Waals surface area contributed by atoms with Crippen LogP contribution in [0.15, 0.2) is 67.3 Å². The first kappa shape index (κ1) is 21.9. The summed E-state index contributed by atoms with van der Waals surface area (Å²) in [6.07, 6.45) is 6.72. The van der Waals surface area contributed by atoms with Crippen LogP contribution in [0.25, 0.3) is 22.3 Å². The van der Waals surface area contributed by atoms with Crippen molar-refractivity contribution in [1.82, 2.24) is 24.7 Å². The van der Waals surface area contributed by atoms with Gasteiger partial charge in [0.25, 0.3) is 5.91 Å². The number of benzene rings is 1. The number of carbonyl (C=O) groups excluding carboxylic acids is 1. The fourth-order valence-corrected chi connectivity index (χ4v) is 4.06. The van der Waals surface area contributed by atoms with Gasteiger partial charge in [-0.25, -0.2) is 9.97 Å². The van der Waals surface area contributed by atoms with E-state index in [1.807, 2.05) is 36.4 Å². The maximum atomic E-state index is 13.1. The molecule has 0 aliphatic carbocycles. The number of carbonyl (C=O) groups is 1. The summed E-state index contributed by atoms with van der Waals surface area (Å²) in [4.78, 5) is 35.1. The lowest BCUT2D eigenvalue weighted by Crippen LogP contribution is -2.48. The zero-order valence-corrected chi connectivity index (χ0v) is 18.8. The molecule has 0 atom stereocenters. The van der Waals surface area contributed by atoms with Crippen LogP contribution in [-0.2, 0) is 4.65 Å². The van der Waals surface area contributed by atoms with E-state index in [0.717, 1.165) is 48.3 Å². The summed E-state index contributed by atoms with van der Waals surface area (Å²) in [7, 11) is 3.39. The monoisotopic (exact) mass is 452 g/mol. The Hall–Kier alpha value is -3.89. The summed E-state index contributed by atoms with van der Waals surface area (Å²) in [6, 6.07) is 13.2. The smallest absolute Gasteiger partial charge is 0.398 e. The van der Waals surface area contributed by atoms with Crippen molar-refractivity contribution in [3.8, 4) is 11.4 Å².